The number of aliphatic hydroxyl groups is 1. The molecule has 35 heavy (non-hydrogen) atoms. The monoisotopic (exact) mass is 524 g/mol. The summed E-state index contributed by atoms with van der Waals surface area (Å²) in [4.78, 5) is 5.69. The first kappa shape index (κ1) is 27.1. The summed E-state index contributed by atoms with van der Waals surface area (Å²) in [5.41, 5.74) is -5.02. The molecule has 1 heterocycles. The van der Waals surface area contributed by atoms with E-state index in [0.29, 0.717) is 41.8 Å². The van der Waals surface area contributed by atoms with Crippen LogP contribution in [0.4, 0.5) is 36.4 Å². The summed E-state index contributed by atoms with van der Waals surface area (Å²) < 4.78 is 95.4. The lowest BCUT2D eigenvalue weighted by Crippen LogP contribution is -2.54. The van der Waals surface area contributed by atoms with Gasteiger partial charge in [-0.1, -0.05) is 17.3 Å². The van der Waals surface area contributed by atoms with E-state index in [9.17, 15) is 35.8 Å². The topological polar surface area (TPSA) is 45.1 Å². The van der Waals surface area contributed by atoms with Gasteiger partial charge in [0.2, 0.25) is 0 Å². The van der Waals surface area contributed by atoms with Crippen molar-refractivity contribution < 1.29 is 40.7 Å². The van der Waals surface area contributed by atoms with E-state index >= 15 is 0 Å². The first-order chi connectivity index (χ1) is 16.3. The van der Waals surface area contributed by atoms with Gasteiger partial charge in [0.05, 0.1) is 11.4 Å². The van der Waals surface area contributed by atoms with E-state index in [-0.39, 0.29) is 18.0 Å². The molecule has 0 aliphatic carbocycles. The van der Waals surface area contributed by atoms with Gasteiger partial charge in [0.25, 0.3) is 5.60 Å². The van der Waals surface area contributed by atoms with E-state index in [4.69, 9.17) is 4.84 Å². The van der Waals surface area contributed by atoms with Gasteiger partial charge in [-0.2, -0.15) is 26.3 Å². The molecule has 0 aromatic heterocycles. The summed E-state index contributed by atoms with van der Waals surface area (Å²) in [6.07, 6.45) is -10.9. The maximum atomic E-state index is 13.4. The molecule has 2 aromatic rings. The third kappa shape index (κ3) is 5.69. The number of nitrogens with zero attached hydrogens (tertiary/aromatic N) is 2. The normalized spacial score (nSPS) is 17.4. The second-order valence-corrected chi connectivity index (χ2v) is 9.11. The number of benzene rings is 2. The van der Waals surface area contributed by atoms with Crippen LogP contribution in [0.2, 0.25) is 0 Å². The summed E-state index contributed by atoms with van der Waals surface area (Å²) in [6.45, 7) is 3.88. The first-order valence-electron chi connectivity index (χ1n) is 10.6. The summed E-state index contributed by atoms with van der Waals surface area (Å²) in [5.74, 6) is -0.451. The Morgan fingerprint density at radius 1 is 1.09 bits per heavy atom. The van der Waals surface area contributed by atoms with Crippen molar-refractivity contribution >= 4 is 23.3 Å². The highest BCUT2D eigenvalue weighted by molar-refractivity contribution is 8.00. The quantitative estimate of drug-likeness (QED) is 0.188. The van der Waals surface area contributed by atoms with Crippen LogP contribution in [-0.4, -0.2) is 35.8 Å². The molecule has 1 aliphatic rings. The minimum Gasteiger partial charge on any atom is -0.396 e. The second-order valence-electron chi connectivity index (χ2n) is 8.06. The van der Waals surface area contributed by atoms with E-state index in [0.717, 1.165) is 12.1 Å². The van der Waals surface area contributed by atoms with E-state index in [1.54, 1.807) is 18.2 Å². The predicted molar refractivity (Wildman–Crippen MR) is 119 cm³/mol. The maximum absolute atomic E-state index is 13.4. The lowest BCUT2D eigenvalue weighted by atomic mass is 9.87. The summed E-state index contributed by atoms with van der Waals surface area (Å²) in [6, 6.07) is 7.86. The van der Waals surface area contributed by atoms with Crippen LogP contribution < -0.4 is 4.31 Å². The van der Waals surface area contributed by atoms with Crippen molar-refractivity contribution in [2.75, 3.05) is 10.9 Å². The van der Waals surface area contributed by atoms with E-state index in [1.807, 2.05) is 0 Å². The van der Waals surface area contributed by atoms with Crippen molar-refractivity contribution in [1.29, 1.82) is 0 Å². The number of hydrogen-bond acceptors (Lipinski definition) is 5. The van der Waals surface area contributed by atoms with Gasteiger partial charge in [-0.05, 0) is 74.5 Å². The van der Waals surface area contributed by atoms with Crippen LogP contribution in [-0.2, 0) is 16.9 Å². The molecule has 192 valence electrons. The minimum absolute atomic E-state index is 0.183. The molecule has 0 spiro atoms. The molecule has 1 N–H and O–H groups in total. The van der Waals surface area contributed by atoms with Crippen molar-refractivity contribution in [2.24, 2.45) is 5.16 Å². The second kappa shape index (κ2) is 10.3. The lowest BCUT2D eigenvalue weighted by Gasteiger charge is -2.39. The molecular weight excluding hydrogens is 501 g/mol. The number of aryl methyl sites for hydroxylation is 1. The summed E-state index contributed by atoms with van der Waals surface area (Å²) in [5, 5.41) is 13.8. The molecule has 12 heteroatoms. The molecule has 0 fully saturated rings. The molecule has 0 bridgehead atoms. The van der Waals surface area contributed by atoms with Crippen molar-refractivity contribution in [3.63, 3.8) is 0 Å². The van der Waals surface area contributed by atoms with Crippen molar-refractivity contribution in [1.82, 2.24) is 0 Å². The fourth-order valence-corrected chi connectivity index (χ4v) is 4.91. The zero-order valence-electron chi connectivity index (χ0n) is 18.8. The molecule has 0 radical (unpaired) electrons. The van der Waals surface area contributed by atoms with Crippen LogP contribution in [0.5, 0.6) is 0 Å². The fraction of sp³-hybridized carbons (Fsp3) is 0.435. The molecule has 0 saturated carbocycles. The zero-order valence-corrected chi connectivity index (χ0v) is 19.6. The molecule has 0 unspecified atom stereocenters. The smallest absolute Gasteiger partial charge is 0.396 e. The molecule has 0 saturated heterocycles. The van der Waals surface area contributed by atoms with Crippen LogP contribution in [0.25, 0.3) is 0 Å². The average Bonchev–Trinajstić information content (AvgIpc) is 2.78. The van der Waals surface area contributed by atoms with E-state index in [2.05, 4.69) is 5.16 Å². The van der Waals surface area contributed by atoms with E-state index in [1.165, 1.54) is 36.2 Å². The highest BCUT2D eigenvalue weighted by Crippen LogP contribution is 2.51. The molecular formula is C23H23F7N2O2S. The number of hydrogen-bond donors (Lipinski definition) is 1. The molecule has 1 atom stereocenters. The van der Waals surface area contributed by atoms with Gasteiger partial charge in [-0.25, -0.2) is 4.39 Å². The Morgan fingerprint density at radius 3 is 2.29 bits per heavy atom. The van der Waals surface area contributed by atoms with E-state index < -0.39 is 29.3 Å². The van der Waals surface area contributed by atoms with Gasteiger partial charge in [0.1, 0.15) is 12.4 Å². The molecule has 4 nitrogen and oxygen atoms in total. The zero-order chi connectivity index (χ0) is 26.0. The standard InChI is InChI=1S/C23H23F7N2O2S/c1-3-34-31-14(2)12-18-8-4-15-13-16(21(33,22(25,26)27)23(28,29)30)5-11-20(15)32(18)35-19-9-6-17(24)7-10-19/h5-7,9-11,13,18,33H,3-4,8,12H2,1-2H3/b31-14+/t18-/m0/s1. The molecule has 0 amide bonds. The van der Waals surface area contributed by atoms with Crippen LogP contribution in [0, 0.1) is 5.82 Å². The largest absolute Gasteiger partial charge is 0.430 e. The van der Waals surface area contributed by atoms with Gasteiger partial charge < -0.3 is 14.2 Å². The van der Waals surface area contributed by atoms with Gasteiger partial charge in [0.15, 0.2) is 0 Å². The Morgan fingerprint density at radius 2 is 1.71 bits per heavy atom. The Balaban J connectivity index is 2.04. The number of anilines is 1. The van der Waals surface area contributed by atoms with Crippen LogP contribution in [0.15, 0.2) is 52.5 Å². The number of alkyl halides is 6. The lowest BCUT2D eigenvalue weighted by molar-refractivity contribution is -0.376. The first-order valence-corrected chi connectivity index (χ1v) is 11.4. The fourth-order valence-electron chi connectivity index (χ4n) is 3.82. The third-order valence-electron chi connectivity index (χ3n) is 5.53. The van der Waals surface area contributed by atoms with Crippen LogP contribution in [0.3, 0.4) is 0 Å². The number of fused-ring (bicyclic) bond motifs is 1. The predicted octanol–water partition coefficient (Wildman–Crippen LogP) is 6.77. The number of rotatable bonds is 7. The number of halogens is 7. The van der Waals surface area contributed by atoms with Crippen LogP contribution in [0.1, 0.15) is 37.8 Å². The van der Waals surface area contributed by atoms with Crippen molar-refractivity contribution in [3.8, 4) is 0 Å². The van der Waals surface area contributed by atoms with Gasteiger partial charge in [-0.3, -0.25) is 0 Å². The Bertz CT molecular complexity index is 1040. The third-order valence-corrected chi connectivity index (χ3v) is 6.71. The summed E-state index contributed by atoms with van der Waals surface area (Å²) in [7, 11) is 0. The van der Waals surface area contributed by atoms with Crippen molar-refractivity contribution in [2.45, 2.75) is 62.0 Å². The summed E-state index contributed by atoms with van der Waals surface area (Å²) >= 11 is 1.18. The Labute approximate surface area is 201 Å². The van der Waals surface area contributed by atoms with Gasteiger partial charge >= 0.3 is 12.4 Å². The highest BCUT2D eigenvalue weighted by atomic mass is 32.2. The average molecular weight is 525 g/mol. The highest BCUT2D eigenvalue weighted by Gasteiger charge is 2.71. The Kier molecular flexibility index (Phi) is 7.95. The van der Waals surface area contributed by atoms with Gasteiger partial charge in [0, 0.05) is 22.9 Å². The SMILES string of the molecule is CCO/N=C(\C)C[C@@H]1CCc2cc(C(O)(C(F)(F)F)C(F)(F)F)ccc2N1Sc1ccc(F)cc1. The minimum atomic E-state index is -5.97. The van der Waals surface area contributed by atoms with Crippen LogP contribution >= 0.6 is 11.9 Å². The Hall–Kier alpha value is -2.47. The van der Waals surface area contributed by atoms with Crippen molar-refractivity contribution in [3.05, 3.63) is 59.4 Å². The molecule has 2 aromatic carbocycles. The van der Waals surface area contributed by atoms with Gasteiger partial charge in [-0.15, -0.1) is 0 Å². The molecule has 1 aliphatic heterocycles. The maximum Gasteiger partial charge on any atom is 0.430 e. The number of oxime groups is 1. The molecule has 3 rings (SSSR count).